The Morgan fingerprint density at radius 2 is 2.00 bits per heavy atom. The van der Waals surface area contributed by atoms with Gasteiger partial charge < -0.3 is 4.74 Å². The fourth-order valence-electron chi connectivity index (χ4n) is 3.71. The average molecular weight is 352 g/mol. The minimum absolute atomic E-state index is 0.548. The Kier molecular flexibility index (Phi) is 3.54. The van der Waals surface area contributed by atoms with Gasteiger partial charge in [0.05, 0.1) is 16.9 Å². The van der Waals surface area contributed by atoms with Crippen LogP contribution in [0.4, 0.5) is 0 Å². The van der Waals surface area contributed by atoms with Crippen molar-refractivity contribution in [2.24, 2.45) is 0 Å². The molecule has 0 amide bonds. The molecule has 2 aromatic carbocycles. The molecule has 4 nitrogen and oxygen atoms in total. The first-order chi connectivity index (χ1) is 12.3. The normalized spacial score (nSPS) is 15.9. The molecule has 5 heteroatoms. The van der Waals surface area contributed by atoms with Gasteiger partial charge in [0.2, 0.25) is 5.88 Å². The molecule has 3 heterocycles. The molecular weight excluding hydrogens is 334 g/mol. The molecule has 1 aromatic heterocycles. The van der Waals surface area contributed by atoms with E-state index in [0.717, 1.165) is 53.9 Å². The number of nitrogens with zero attached hydrogens (tertiary/aromatic N) is 3. The van der Waals surface area contributed by atoms with Crippen LogP contribution in [0.25, 0.3) is 5.69 Å². The number of hydrogen-bond donors (Lipinski definition) is 0. The molecule has 0 unspecified atom stereocenters. The molecule has 0 saturated carbocycles. The summed E-state index contributed by atoms with van der Waals surface area (Å²) in [5.41, 5.74) is 5.88. The SMILES string of the molecule is Clc1ccc2c(c1)COc1c3c(nn1-2)CCN(Cc1ccccc1)C3. The molecule has 0 bridgehead atoms. The molecule has 0 aliphatic carbocycles. The van der Waals surface area contributed by atoms with Gasteiger partial charge in [-0.05, 0) is 23.8 Å². The average Bonchev–Trinajstić information content (AvgIpc) is 3.00. The van der Waals surface area contributed by atoms with E-state index >= 15 is 0 Å². The van der Waals surface area contributed by atoms with E-state index in [2.05, 4.69) is 35.2 Å². The van der Waals surface area contributed by atoms with E-state index in [0.29, 0.717) is 6.61 Å². The Morgan fingerprint density at radius 1 is 1.12 bits per heavy atom. The van der Waals surface area contributed by atoms with Gasteiger partial charge in [0.1, 0.15) is 6.61 Å². The second-order valence-corrected chi connectivity index (χ2v) is 7.09. The highest BCUT2D eigenvalue weighted by Gasteiger charge is 2.29. The first-order valence-electron chi connectivity index (χ1n) is 8.56. The molecule has 126 valence electrons. The fourth-order valence-corrected chi connectivity index (χ4v) is 3.91. The number of benzene rings is 2. The topological polar surface area (TPSA) is 30.3 Å². The second-order valence-electron chi connectivity index (χ2n) is 6.65. The predicted octanol–water partition coefficient (Wildman–Crippen LogP) is 3.98. The standard InChI is InChI=1S/C20H18ClN3O/c21-16-6-7-19-15(10-16)13-25-20-17-12-23(9-8-18(17)22-24(19)20)11-14-4-2-1-3-5-14/h1-7,10H,8-9,11-13H2. The summed E-state index contributed by atoms with van der Waals surface area (Å²) in [5, 5.41) is 5.56. The summed E-state index contributed by atoms with van der Waals surface area (Å²) in [6.45, 7) is 3.40. The zero-order valence-corrected chi connectivity index (χ0v) is 14.5. The van der Waals surface area contributed by atoms with Crippen LogP contribution < -0.4 is 4.74 Å². The van der Waals surface area contributed by atoms with E-state index in [1.54, 1.807) is 0 Å². The van der Waals surface area contributed by atoms with E-state index in [-0.39, 0.29) is 0 Å². The van der Waals surface area contributed by atoms with Crippen molar-refractivity contribution in [3.8, 4) is 11.6 Å². The third-order valence-corrected chi connectivity index (χ3v) is 5.18. The summed E-state index contributed by atoms with van der Waals surface area (Å²) in [5.74, 6) is 0.891. The molecule has 0 fully saturated rings. The fraction of sp³-hybridized carbons (Fsp3) is 0.250. The van der Waals surface area contributed by atoms with Gasteiger partial charge in [0.15, 0.2) is 0 Å². The largest absolute Gasteiger partial charge is 0.472 e. The van der Waals surface area contributed by atoms with Crippen molar-refractivity contribution in [3.63, 3.8) is 0 Å². The quantitative estimate of drug-likeness (QED) is 0.699. The van der Waals surface area contributed by atoms with Gasteiger partial charge in [0.25, 0.3) is 0 Å². The molecule has 5 rings (SSSR count). The van der Waals surface area contributed by atoms with Gasteiger partial charge >= 0.3 is 0 Å². The Morgan fingerprint density at radius 3 is 2.88 bits per heavy atom. The van der Waals surface area contributed by atoms with Crippen LogP contribution in [0.3, 0.4) is 0 Å². The smallest absolute Gasteiger partial charge is 0.221 e. The monoisotopic (exact) mass is 351 g/mol. The molecule has 0 atom stereocenters. The van der Waals surface area contributed by atoms with Crippen LogP contribution >= 0.6 is 11.6 Å². The van der Waals surface area contributed by atoms with Gasteiger partial charge in [-0.15, -0.1) is 0 Å². The van der Waals surface area contributed by atoms with E-state index in [9.17, 15) is 0 Å². The summed E-state index contributed by atoms with van der Waals surface area (Å²) in [4.78, 5) is 2.46. The Bertz CT molecular complexity index is 936. The minimum atomic E-state index is 0.548. The van der Waals surface area contributed by atoms with Crippen molar-refractivity contribution in [2.45, 2.75) is 26.1 Å². The summed E-state index contributed by atoms with van der Waals surface area (Å²) in [7, 11) is 0. The number of halogens is 1. The minimum Gasteiger partial charge on any atom is -0.472 e. The predicted molar refractivity (Wildman–Crippen MR) is 97.2 cm³/mol. The van der Waals surface area contributed by atoms with Gasteiger partial charge in [0, 0.05) is 36.6 Å². The second kappa shape index (κ2) is 5.90. The van der Waals surface area contributed by atoms with Gasteiger partial charge in [-0.25, -0.2) is 4.68 Å². The van der Waals surface area contributed by atoms with Gasteiger partial charge in [-0.3, -0.25) is 4.90 Å². The van der Waals surface area contributed by atoms with Crippen LogP contribution in [0.5, 0.6) is 5.88 Å². The lowest BCUT2D eigenvalue weighted by molar-refractivity contribution is 0.229. The lowest BCUT2D eigenvalue weighted by Crippen LogP contribution is -2.29. The molecule has 2 aliphatic heterocycles. The molecule has 0 spiro atoms. The molecule has 0 radical (unpaired) electrons. The summed E-state index contributed by atoms with van der Waals surface area (Å²) in [6, 6.07) is 16.5. The van der Waals surface area contributed by atoms with Gasteiger partial charge in [-0.2, -0.15) is 5.10 Å². The number of rotatable bonds is 2. The first kappa shape index (κ1) is 15.0. The van der Waals surface area contributed by atoms with Crippen LogP contribution in [0.15, 0.2) is 48.5 Å². The van der Waals surface area contributed by atoms with Crippen molar-refractivity contribution in [2.75, 3.05) is 6.54 Å². The first-order valence-corrected chi connectivity index (χ1v) is 8.94. The van der Waals surface area contributed by atoms with E-state index < -0.39 is 0 Å². The number of aromatic nitrogens is 2. The zero-order valence-electron chi connectivity index (χ0n) is 13.8. The van der Waals surface area contributed by atoms with Crippen molar-refractivity contribution >= 4 is 11.6 Å². The maximum Gasteiger partial charge on any atom is 0.221 e. The highest BCUT2D eigenvalue weighted by atomic mass is 35.5. The van der Waals surface area contributed by atoms with Crippen LogP contribution in [0.1, 0.15) is 22.4 Å². The molecule has 0 saturated heterocycles. The van der Waals surface area contributed by atoms with Crippen LogP contribution in [-0.2, 0) is 26.1 Å². The highest BCUT2D eigenvalue weighted by molar-refractivity contribution is 6.30. The molecule has 2 aliphatic rings. The Hall–Kier alpha value is -2.30. The van der Waals surface area contributed by atoms with Crippen LogP contribution in [-0.4, -0.2) is 21.2 Å². The molecule has 25 heavy (non-hydrogen) atoms. The number of hydrogen-bond acceptors (Lipinski definition) is 3. The lowest BCUT2D eigenvalue weighted by Gasteiger charge is -2.27. The summed E-state index contributed by atoms with van der Waals surface area (Å²) >= 11 is 6.11. The third kappa shape index (κ3) is 2.62. The molecule has 3 aromatic rings. The number of ether oxygens (including phenoxy) is 1. The van der Waals surface area contributed by atoms with E-state index in [4.69, 9.17) is 21.4 Å². The maximum absolute atomic E-state index is 6.11. The van der Waals surface area contributed by atoms with Crippen LogP contribution in [0.2, 0.25) is 5.02 Å². The zero-order chi connectivity index (χ0) is 16.8. The number of fused-ring (bicyclic) bond motifs is 5. The van der Waals surface area contributed by atoms with E-state index in [1.165, 1.54) is 11.1 Å². The molecule has 0 N–H and O–H groups in total. The lowest BCUT2D eigenvalue weighted by atomic mass is 10.1. The van der Waals surface area contributed by atoms with E-state index in [1.807, 2.05) is 22.9 Å². The van der Waals surface area contributed by atoms with Crippen molar-refractivity contribution in [3.05, 3.63) is 75.9 Å². The van der Waals surface area contributed by atoms with Crippen molar-refractivity contribution in [1.82, 2.24) is 14.7 Å². The van der Waals surface area contributed by atoms with Gasteiger partial charge in [-0.1, -0.05) is 41.9 Å². The maximum atomic E-state index is 6.11. The summed E-state index contributed by atoms with van der Waals surface area (Å²) < 4.78 is 8.01. The van der Waals surface area contributed by atoms with Crippen LogP contribution in [0, 0.1) is 0 Å². The summed E-state index contributed by atoms with van der Waals surface area (Å²) in [6.07, 6.45) is 0.953. The third-order valence-electron chi connectivity index (χ3n) is 4.95. The van der Waals surface area contributed by atoms with Crippen molar-refractivity contribution in [1.29, 1.82) is 0 Å². The van der Waals surface area contributed by atoms with Crippen molar-refractivity contribution < 1.29 is 4.74 Å². The Balaban J connectivity index is 1.47. The Labute approximate surface area is 151 Å². The highest BCUT2D eigenvalue weighted by Crippen LogP contribution is 2.36. The molecular formula is C20H18ClN3O.